The molecule has 10 heteroatoms. The molecule has 33 heavy (non-hydrogen) atoms. The van der Waals surface area contributed by atoms with Crippen LogP contribution in [0.1, 0.15) is 27.9 Å². The fraction of sp³-hybridized carbons (Fsp3) is 0.174. The molecule has 2 amide bonds. The number of aryl methyl sites for hydroxylation is 1. The average Bonchev–Trinajstić information content (AvgIpc) is 3.36. The average molecular weight is 446 g/mol. The van der Waals surface area contributed by atoms with Crippen LogP contribution in [0.2, 0.25) is 0 Å². The van der Waals surface area contributed by atoms with Crippen molar-refractivity contribution in [1.29, 1.82) is 0 Å². The zero-order chi connectivity index (χ0) is 23.4. The lowest BCUT2D eigenvalue weighted by Crippen LogP contribution is -2.29. The van der Waals surface area contributed by atoms with Gasteiger partial charge in [0.05, 0.1) is 25.0 Å². The normalized spacial score (nSPS) is 14.2. The van der Waals surface area contributed by atoms with Gasteiger partial charge in [-0.1, -0.05) is 46.3 Å². The van der Waals surface area contributed by atoms with E-state index < -0.39 is 5.91 Å². The maximum atomic E-state index is 12.9. The van der Waals surface area contributed by atoms with E-state index >= 15 is 0 Å². The van der Waals surface area contributed by atoms with Crippen molar-refractivity contribution in [2.45, 2.75) is 20.0 Å². The van der Waals surface area contributed by atoms with Gasteiger partial charge in [-0.3, -0.25) is 14.8 Å². The number of nitrogens with one attached hydrogen (secondary N) is 1. The third-order valence-corrected chi connectivity index (χ3v) is 5.10. The predicted octanol–water partition coefficient (Wildman–Crippen LogP) is 2.05. The maximum absolute atomic E-state index is 12.9. The van der Waals surface area contributed by atoms with Gasteiger partial charge in [-0.05, 0) is 36.3 Å². The van der Waals surface area contributed by atoms with Crippen LogP contribution in [0.3, 0.4) is 0 Å². The Kier molecular flexibility index (Phi) is 6.27. The number of hydrogen-bond donors (Lipinski definition) is 2. The first-order valence-electron chi connectivity index (χ1n) is 10.1. The minimum absolute atomic E-state index is 0.245. The number of amides is 2. The summed E-state index contributed by atoms with van der Waals surface area (Å²) in [6.07, 6.45) is 4.63. The molecule has 2 N–H and O–H groups in total. The number of nitrogens with zero attached hydrogens (tertiary/aromatic N) is 5. The molecule has 0 bridgehead atoms. The van der Waals surface area contributed by atoms with Gasteiger partial charge < -0.3 is 9.74 Å². The summed E-state index contributed by atoms with van der Waals surface area (Å²) >= 11 is 0. The van der Waals surface area contributed by atoms with Crippen LogP contribution in [0.5, 0.6) is 0 Å². The van der Waals surface area contributed by atoms with Crippen molar-refractivity contribution in [3.8, 4) is 0 Å². The van der Waals surface area contributed by atoms with Gasteiger partial charge in [-0.15, -0.1) is 5.10 Å². The lowest BCUT2D eigenvalue weighted by Gasteiger charge is -2.15. The first-order chi connectivity index (χ1) is 16.0. The molecule has 0 spiro atoms. The van der Waals surface area contributed by atoms with Crippen molar-refractivity contribution in [3.63, 3.8) is 0 Å². The zero-order valence-electron chi connectivity index (χ0n) is 18.1. The van der Waals surface area contributed by atoms with Crippen LogP contribution in [0.25, 0.3) is 6.08 Å². The minimum atomic E-state index is -0.593. The fourth-order valence-corrected chi connectivity index (χ4v) is 3.54. The van der Waals surface area contributed by atoms with Gasteiger partial charge >= 0.3 is 0 Å². The minimum Gasteiger partial charge on any atom is -0.398 e. The molecule has 0 fully saturated rings. The van der Waals surface area contributed by atoms with Crippen LogP contribution >= 0.6 is 0 Å². The Labute approximate surface area is 189 Å². The third kappa shape index (κ3) is 4.80. The van der Waals surface area contributed by atoms with E-state index in [1.54, 1.807) is 27.3 Å². The lowest BCUT2D eigenvalue weighted by atomic mass is 10.1. The summed E-state index contributed by atoms with van der Waals surface area (Å²) in [5, 5.41) is 20.8. The van der Waals surface area contributed by atoms with E-state index in [1.807, 2.05) is 49.4 Å². The highest BCUT2D eigenvalue weighted by Crippen LogP contribution is 2.31. The van der Waals surface area contributed by atoms with Crippen LogP contribution in [-0.2, 0) is 27.5 Å². The molecule has 3 aromatic rings. The summed E-state index contributed by atoms with van der Waals surface area (Å²) in [6, 6.07) is 13.3. The van der Waals surface area contributed by atoms with Crippen molar-refractivity contribution in [1.82, 2.24) is 20.5 Å². The second-order valence-electron chi connectivity index (χ2n) is 7.49. The van der Waals surface area contributed by atoms with Gasteiger partial charge in [0.15, 0.2) is 5.71 Å². The van der Waals surface area contributed by atoms with Gasteiger partial charge in [0.25, 0.3) is 11.8 Å². The number of benzene rings is 2. The van der Waals surface area contributed by atoms with Gasteiger partial charge in [-0.25, -0.2) is 10.2 Å². The number of anilines is 1. The number of aromatic nitrogens is 3. The molecular formula is C23H22N6O4. The van der Waals surface area contributed by atoms with Gasteiger partial charge in [0, 0.05) is 11.6 Å². The van der Waals surface area contributed by atoms with E-state index in [-0.39, 0.29) is 18.2 Å². The number of hydroxylamine groups is 1. The molecule has 0 saturated carbocycles. The quantitative estimate of drug-likeness (QED) is 0.325. The lowest BCUT2D eigenvalue weighted by molar-refractivity contribution is -0.124. The molecule has 0 radical (unpaired) electrons. The van der Waals surface area contributed by atoms with Crippen LogP contribution < -0.4 is 10.4 Å². The van der Waals surface area contributed by atoms with Crippen molar-refractivity contribution in [2.75, 3.05) is 12.0 Å². The molecule has 0 aliphatic carbocycles. The molecule has 168 valence electrons. The first-order valence-corrected chi connectivity index (χ1v) is 10.1. The highest BCUT2D eigenvalue weighted by molar-refractivity contribution is 6.54. The molecule has 0 atom stereocenters. The van der Waals surface area contributed by atoms with Gasteiger partial charge in [0.1, 0.15) is 12.8 Å². The number of carbonyl (C=O) groups is 2. The number of hydrogen-bond acceptors (Lipinski definition) is 7. The Morgan fingerprint density at radius 3 is 2.73 bits per heavy atom. The molecule has 0 unspecified atom stereocenters. The zero-order valence-corrected chi connectivity index (χ0v) is 18.1. The number of fused-ring (bicyclic) bond motifs is 1. The van der Waals surface area contributed by atoms with Crippen molar-refractivity contribution in [2.24, 2.45) is 5.16 Å². The third-order valence-electron chi connectivity index (χ3n) is 5.10. The Hall–Kier alpha value is -4.31. The first kappa shape index (κ1) is 21.9. The summed E-state index contributed by atoms with van der Waals surface area (Å²) < 4.78 is 1.69. The summed E-state index contributed by atoms with van der Waals surface area (Å²) in [7, 11) is 1.42. The van der Waals surface area contributed by atoms with Crippen LogP contribution in [0.4, 0.5) is 5.69 Å². The number of carbonyl (C=O) groups excluding carboxylic acids is 2. The molecule has 1 aromatic heterocycles. The van der Waals surface area contributed by atoms with E-state index in [0.29, 0.717) is 12.2 Å². The smallest absolute Gasteiger partial charge is 0.281 e. The Bertz CT molecular complexity index is 1250. The summed E-state index contributed by atoms with van der Waals surface area (Å²) in [4.78, 5) is 30.5. The monoisotopic (exact) mass is 446 g/mol. The summed E-state index contributed by atoms with van der Waals surface area (Å²) in [6.45, 7) is 2.71. The number of rotatable bonds is 7. The summed E-state index contributed by atoms with van der Waals surface area (Å²) in [5.41, 5.74) is 6.78. The van der Waals surface area contributed by atoms with E-state index in [1.165, 1.54) is 13.2 Å². The van der Waals surface area contributed by atoms with Crippen molar-refractivity contribution < 1.29 is 19.6 Å². The Morgan fingerprint density at radius 2 is 2.00 bits per heavy atom. The highest BCUT2D eigenvalue weighted by Gasteiger charge is 2.35. The van der Waals surface area contributed by atoms with Crippen LogP contribution in [0.15, 0.2) is 59.9 Å². The van der Waals surface area contributed by atoms with Crippen molar-refractivity contribution in [3.05, 3.63) is 82.7 Å². The molecule has 1 aliphatic heterocycles. The van der Waals surface area contributed by atoms with E-state index in [0.717, 1.165) is 27.9 Å². The molecule has 1 aliphatic rings. The van der Waals surface area contributed by atoms with Crippen LogP contribution in [0, 0.1) is 6.92 Å². The molecule has 10 nitrogen and oxygen atoms in total. The summed E-state index contributed by atoms with van der Waals surface area (Å²) in [5.74, 6) is -0.838. The van der Waals surface area contributed by atoms with Crippen LogP contribution in [-0.4, -0.2) is 44.8 Å². The molecular weight excluding hydrogens is 424 g/mol. The topological polar surface area (TPSA) is 122 Å². The largest absolute Gasteiger partial charge is 0.398 e. The van der Waals surface area contributed by atoms with Crippen molar-refractivity contribution >= 4 is 29.3 Å². The Balaban J connectivity index is 1.46. The second kappa shape index (κ2) is 9.45. The predicted molar refractivity (Wildman–Crippen MR) is 120 cm³/mol. The standard InChI is InChI=1S/C23H22N6O4/c1-15-3-9-20-19(11-15)22(26-33-2)23(31)29(20)14-18-13-28(27-24-18)12-17-6-4-16(5-7-17)8-10-21(30)25-32/h3-11,13,32H,12,14H2,1-2H3,(H,25,30)/b10-8+,26-22-. The second-order valence-corrected chi connectivity index (χ2v) is 7.49. The van der Waals surface area contributed by atoms with Gasteiger partial charge in [0.2, 0.25) is 0 Å². The molecule has 4 rings (SSSR count). The highest BCUT2D eigenvalue weighted by atomic mass is 16.6. The van der Waals surface area contributed by atoms with Gasteiger partial charge in [-0.2, -0.15) is 0 Å². The molecule has 0 saturated heterocycles. The van der Waals surface area contributed by atoms with E-state index in [2.05, 4.69) is 15.5 Å². The SMILES string of the molecule is CO/N=C1\C(=O)N(Cc2cn(Cc3ccc(/C=C/C(=O)NO)cc3)nn2)c2ccc(C)cc21. The number of oxime groups is 1. The molecule has 2 heterocycles. The fourth-order valence-electron chi connectivity index (χ4n) is 3.54. The van der Waals surface area contributed by atoms with E-state index in [4.69, 9.17) is 10.0 Å². The maximum Gasteiger partial charge on any atom is 0.281 e. The Morgan fingerprint density at radius 1 is 1.21 bits per heavy atom. The molecule has 2 aromatic carbocycles. The van der Waals surface area contributed by atoms with E-state index in [9.17, 15) is 9.59 Å².